The number of benzene rings is 1. The Morgan fingerprint density at radius 1 is 1.10 bits per heavy atom. The van der Waals surface area contributed by atoms with Crippen LogP contribution in [0, 0.1) is 6.92 Å². The van der Waals surface area contributed by atoms with Crippen LogP contribution in [0.25, 0.3) is 5.65 Å². The van der Waals surface area contributed by atoms with Gasteiger partial charge in [-0.15, -0.1) is 0 Å². The van der Waals surface area contributed by atoms with Crippen molar-refractivity contribution >= 4 is 11.6 Å². The molecule has 8 heteroatoms. The average molecular weight is 416 g/mol. The van der Waals surface area contributed by atoms with E-state index >= 15 is 0 Å². The molecule has 3 aromatic heterocycles. The fourth-order valence-electron chi connectivity index (χ4n) is 4.00. The molecular weight excluding hydrogens is 392 g/mol. The highest BCUT2D eigenvalue weighted by atomic mass is 16.5. The van der Waals surface area contributed by atoms with Crippen molar-refractivity contribution in [3.63, 3.8) is 0 Å². The number of carbonyl (C=O) groups excluding carboxylic acids is 1. The van der Waals surface area contributed by atoms with Crippen LogP contribution in [0.2, 0.25) is 0 Å². The Morgan fingerprint density at radius 3 is 2.65 bits per heavy atom. The third kappa shape index (κ3) is 4.14. The van der Waals surface area contributed by atoms with Gasteiger partial charge in [0.15, 0.2) is 0 Å². The number of imidazole rings is 1. The molecule has 1 aliphatic rings. The molecule has 0 atom stereocenters. The van der Waals surface area contributed by atoms with Gasteiger partial charge in [-0.3, -0.25) is 4.79 Å². The lowest BCUT2D eigenvalue weighted by Gasteiger charge is -2.32. The molecule has 8 nitrogen and oxygen atoms in total. The fourth-order valence-corrected chi connectivity index (χ4v) is 4.00. The molecule has 0 radical (unpaired) electrons. The van der Waals surface area contributed by atoms with Gasteiger partial charge in [-0.1, -0.05) is 6.07 Å². The van der Waals surface area contributed by atoms with Crippen molar-refractivity contribution in [1.82, 2.24) is 29.0 Å². The Balaban J connectivity index is 1.17. The largest absolute Gasteiger partial charge is 0.487 e. The van der Waals surface area contributed by atoms with E-state index in [1.807, 2.05) is 62.8 Å². The van der Waals surface area contributed by atoms with Crippen LogP contribution in [0.3, 0.4) is 0 Å². The van der Waals surface area contributed by atoms with Crippen LogP contribution in [-0.4, -0.2) is 48.0 Å². The molecule has 0 bridgehead atoms. The molecule has 1 fully saturated rings. The predicted molar refractivity (Wildman–Crippen MR) is 115 cm³/mol. The van der Waals surface area contributed by atoms with Crippen molar-refractivity contribution in [2.45, 2.75) is 32.4 Å². The van der Waals surface area contributed by atoms with E-state index in [4.69, 9.17) is 4.74 Å². The number of pyridine rings is 1. The monoisotopic (exact) mass is 416 g/mol. The molecule has 4 heterocycles. The topological polar surface area (TPSA) is 77.5 Å². The van der Waals surface area contributed by atoms with Gasteiger partial charge in [0, 0.05) is 31.0 Å². The van der Waals surface area contributed by atoms with Crippen LogP contribution in [-0.2, 0) is 6.61 Å². The van der Waals surface area contributed by atoms with Crippen LogP contribution in [0.15, 0.2) is 61.4 Å². The maximum Gasteiger partial charge on any atom is 0.253 e. The van der Waals surface area contributed by atoms with E-state index in [2.05, 4.69) is 22.0 Å². The zero-order valence-corrected chi connectivity index (χ0v) is 17.4. The first-order valence-corrected chi connectivity index (χ1v) is 10.5. The number of aromatic nitrogens is 5. The van der Waals surface area contributed by atoms with Crippen LogP contribution < -0.4 is 4.74 Å². The maximum atomic E-state index is 12.8. The summed E-state index contributed by atoms with van der Waals surface area (Å²) >= 11 is 0. The van der Waals surface area contributed by atoms with Gasteiger partial charge < -0.3 is 14.0 Å². The first-order valence-electron chi connectivity index (χ1n) is 10.5. The first kappa shape index (κ1) is 19.3. The Labute approximate surface area is 180 Å². The number of likely N-dealkylation sites (tertiary alicyclic amines) is 1. The summed E-state index contributed by atoms with van der Waals surface area (Å²) in [5.74, 6) is 0.772. The summed E-state index contributed by atoms with van der Waals surface area (Å²) in [7, 11) is 0. The van der Waals surface area contributed by atoms with E-state index in [0.717, 1.165) is 43.0 Å². The number of aryl methyl sites for hydroxylation is 1. The van der Waals surface area contributed by atoms with Gasteiger partial charge in [-0.25, -0.2) is 14.6 Å². The molecule has 1 saturated heterocycles. The van der Waals surface area contributed by atoms with Gasteiger partial charge in [0.05, 0.1) is 11.7 Å². The van der Waals surface area contributed by atoms with E-state index in [0.29, 0.717) is 18.2 Å². The van der Waals surface area contributed by atoms with Gasteiger partial charge in [-0.2, -0.15) is 5.10 Å². The van der Waals surface area contributed by atoms with Gasteiger partial charge in [0.1, 0.15) is 30.7 Å². The SMILES string of the molecule is Cc1ccc2nc(COc3ccc(C(=O)N4CCC(n5cncn5)CC4)cc3)cn2c1. The van der Waals surface area contributed by atoms with Crippen LogP contribution in [0.5, 0.6) is 5.75 Å². The molecule has 1 amide bonds. The summed E-state index contributed by atoms with van der Waals surface area (Å²) in [6.45, 7) is 3.87. The van der Waals surface area contributed by atoms with E-state index in [1.165, 1.54) is 5.56 Å². The Kier molecular flexibility index (Phi) is 5.11. The lowest BCUT2D eigenvalue weighted by molar-refractivity contribution is 0.0690. The number of hydrogen-bond donors (Lipinski definition) is 0. The predicted octanol–water partition coefficient (Wildman–Crippen LogP) is 3.29. The molecule has 0 saturated carbocycles. The zero-order chi connectivity index (χ0) is 21.2. The highest BCUT2D eigenvalue weighted by Crippen LogP contribution is 2.23. The van der Waals surface area contributed by atoms with Crippen LogP contribution >= 0.6 is 0 Å². The molecular formula is C23H24N6O2. The first-order chi connectivity index (χ1) is 15.2. The summed E-state index contributed by atoms with van der Waals surface area (Å²) in [4.78, 5) is 23.3. The van der Waals surface area contributed by atoms with Crippen molar-refractivity contribution in [1.29, 1.82) is 0 Å². The normalized spacial score (nSPS) is 14.8. The molecule has 0 spiro atoms. The molecule has 0 aliphatic carbocycles. The van der Waals surface area contributed by atoms with E-state index < -0.39 is 0 Å². The number of piperidine rings is 1. The lowest BCUT2D eigenvalue weighted by Crippen LogP contribution is -2.39. The second-order valence-electron chi connectivity index (χ2n) is 7.92. The molecule has 158 valence electrons. The Morgan fingerprint density at radius 2 is 1.90 bits per heavy atom. The zero-order valence-electron chi connectivity index (χ0n) is 17.4. The van der Waals surface area contributed by atoms with E-state index in [9.17, 15) is 4.79 Å². The summed E-state index contributed by atoms with van der Waals surface area (Å²) in [6, 6.07) is 11.7. The van der Waals surface area contributed by atoms with Gasteiger partial charge in [0.25, 0.3) is 5.91 Å². The molecule has 31 heavy (non-hydrogen) atoms. The van der Waals surface area contributed by atoms with Crippen LogP contribution in [0.1, 0.15) is 40.5 Å². The third-order valence-corrected chi connectivity index (χ3v) is 5.70. The average Bonchev–Trinajstić information content (AvgIpc) is 3.47. The molecule has 5 rings (SSSR count). The Hall–Kier alpha value is -3.68. The second kappa shape index (κ2) is 8.22. The molecule has 0 N–H and O–H groups in total. The van der Waals surface area contributed by atoms with Crippen molar-refractivity contribution < 1.29 is 9.53 Å². The summed E-state index contributed by atoms with van der Waals surface area (Å²) in [5.41, 5.74) is 3.62. The third-order valence-electron chi connectivity index (χ3n) is 5.70. The number of fused-ring (bicyclic) bond motifs is 1. The lowest BCUT2D eigenvalue weighted by atomic mass is 10.0. The van der Waals surface area contributed by atoms with Crippen LogP contribution in [0.4, 0.5) is 0 Å². The minimum absolute atomic E-state index is 0.0549. The Bertz CT molecular complexity index is 1170. The minimum atomic E-state index is 0.0549. The number of amides is 1. The summed E-state index contributed by atoms with van der Waals surface area (Å²) < 4.78 is 9.76. The number of carbonyl (C=O) groups is 1. The molecule has 0 unspecified atom stereocenters. The fraction of sp³-hybridized carbons (Fsp3) is 0.304. The van der Waals surface area contributed by atoms with Crippen molar-refractivity contribution in [2.75, 3.05) is 13.1 Å². The number of hydrogen-bond acceptors (Lipinski definition) is 5. The molecule has 1 aromatic carbocycles. The highest BCUT2D eigenvalue weighted by Gasteiger charge is 2.24. The minimum Gasteiger partial charge on any atom is -0.487 e. The smallest absolute Gasteiger partial charge is 0.253 e. The molecule has 1 aliphatic heterocycles. The molecule has 4 aromatic rings. The van der Waals surface area contributed by atoms with Crippen molar-refractivity contribution in [3.8, 4) is 5.75 Å². The quantitative estimate of drug-likeness (QED) is 0.499. The number of ether oxygens (including phenoxy) is 1. The summed E-state index contributed by atoms with van der Waals surface area (Å²) in [6.07, 6.45) is 9.08. The van der Waals surface area contributed by atoms with Gasteiger partial charge >= 0.3 is 0 Å². The van der Waals surface area contributed by atoms with Gasteiger partial charge in [-0.05, 0) is 55.7 Å². The maximum absolute atomic E-state index is 12.8. The van der Waals surface area contributed by atoms with E-state index in [-0.39, 0.29) is 5.91 Å². The number of nitrogens with zero attached hydrogens (tertiary/aromatic N) is 6. The van der Waals surface area contributed by atoms with Gasteiger partial charge in [0.2, 0.25) is 0 Å². The van der Waals surface area contributed by atoms with Crippen molar-refractivity contribution in [2.24, 2.45) is 0 Å². The highest BCUT2D eigenvalue weighted by molar-refractivity contribution is 5.94. The van der Waals surface area contributed by atoms with Crippen molar-refractivity contribution in [3.05, 3.63) is 78.3 Å². The van der Waals surface area contributed by atoms with E-state index in [1.54, 1.807) is 12.7 Å². The second-order valence-corrected chi connectivity index (χ2v) is 7.92. The summed E-state index contributed by atoms with van der Waals surface area (Å²) in [5, 5.41) is 4.22. The number of rotatable bonds is 5. The standard InChI is InChI=1S/C23H24N6O2/c1-17-2-7-22-26-19(13-28(22)12-17)14-31-21-5-3-18(4-6-21)23(30)27-10-8-20(9-11-27)29-16-24-15-25-29/h2-7,12-13,15-16,20H,8-11,14H2,1H3.